The van der Waals surface area contributed by atoms with Gasteiger partial charge in [-0.3, -0.25) is 9.79 Å². The van der Waals surface area contributed by atoms with E-state index >= 15 is 0 Å². The fourth-order valence-corrected chi connectivity index (χ4v) is 3.93. The van der Waals surface area contributed by atoms with Crippen LogP contribution >= 0.6 is 12.4 Å². The van der Waals surface area contributed by atoms with E-state index in [-0.39, 0.29) is 31.3 Å². The molecule has 1 amide bonds. The van der Waals surface area contributed by atoms with Crippen molar-refractivity contribution in [2.75, 3.05) is 25.5 Å². The molecule has 2 N–H and O–H groups in total. The van der Waals surface area contributed by atoms with Crippen molar-refractivity contribution in [2.45, 2.75) is 33.2 Å². The molecule has 184 valence electrons. The maximum atomic E-state index is 12.2. The Hall–Kier alpha value is -3.65. The fraction of sp³-hybridized carbons (Fsp3) is 0.308. The summed E-state index contributed by atoms with van der Waals surface area (Å²) < 4.78 is 10.9. The van der Waals surface area contributed by atoms with Crippen molar-refractivity contribution in [1.82, 2.24) is 10.3 Å². The quantitative estimate of drug-likeness (QED) is 0.225. The Kier molecular flexibility index (Phi) is 8.30. The van der Waals surface area contributed by atoms with Gasteiger partial charge in [-0.2, -0.15) is 0 Å². The summed E-state index contributed by atoms with van der Waals surface area (Å²) in [6.45, 7) is 6.76. The molecule has 1 atom stereocenters. The molecule has 35 heavy (non-hydrogen) atoms. The lowest BCUT2D eigenvalue weighted by atomic mass is 10.0. The van der Waals surface area contributed by atoms with Crippen LogP contribution in [0.25, 0.3) is 33.3 Å². The van der Waals surface area contributed by atoms with Crippen LogP contribution in [0.1, 0.15) is 25.8 Å². The second kappa shape index (κ2) is 11.2. The standard InChI is InChI=1S/C26H28N4O4.ClH/c1-5-27-19-13-22-21(12-15(19)2)30-25-18-9-7-6-8-17(18)20(14-23(25)34-22)28-11-10-24(31)29-16(3)26(32)33-4;/h6-9,12-14,16,27H,5,10-11H2,1-4H3,(H,29,31);1H. The molecule has 0 saturated carbocycles. The molecule has 0 saturated heterocycles. The SMILES string of the molecule is CCNc1cc2oc3cc(=NCCC(=O)NC(C)C(=O)OC)c4ccccc4c-3nc2cc1C.Cl. The third-order valence-corrected chi connectivity index (χ3v) is 5.64. The van der Waals surface area contributed by atoms with Crippen molar-refractivity contribution in [3.8, 4) is 11.5 Å². The minimum atomic E-state index is -0.701. The number of amides is 1. The lowest BCUT2D eigenvalue weighted by Crippen LogP contribution is -2.39. The van der Waals surface area contributed by atoms with Crippen LogP contribution in [0.3, 0.4) is 0 Å². The molecule has 2 aromatic rings. The first kappa shape index (κ1) is 26.0. The second-order valence-corrected chi connectivity index (χ2v) is 8.11. The van der Waals surface area contributed by atoms with Crippen LogP contribution in [0.2, 0.25) is 0 Å². The number of nitrogens with zero attached hydrogens (tertiary/aromatic N) is 2. The Morgan fingerprint density at radius 3 is 2.63 bits per heavy atom. The zero-order valence-corrected chi connectivity index (χ0v) is 21.0. The first-order valence-electron chi connectivity index (χ1n) is 11.3. The summed E-state index contributed by atoms with van der Waals surface area (Å²) in [6.07, 6.45) is 0.145. The van der Waals surface area contributed by atoms with E-state index in [1.165, 1.54) is 7.11 Å². The molecular formula is C26H29ClN4O4. The zero-order chi connectivity index (χ0) is 24.2. The zero-order valence-electron chi connectivity index (χ0n) is 20.2. The highest BCUT2D eigenvalue weighted by molar-refractivity contribution is 5.96. The highest BCUT2D eigenvalue weighted by atomic mass is 35.5. The Morgan fingerprint density at radius 2 is 1.91 bits per heavy atom. The van der Waals surface area contributed by atoms with Gasteiger partial charge >= 0.3 is 5.97 Å². The molecule has 0 fully saturated rings. The Labute approximate surface area is 209 Å². The van der Waals surface area contributed by atoms with Crippen LogP contribution in [-0.2, 0) is 14.3 Å². The highest BCUT2D eigenvalue weighted by Crippen LogP contribution is 2.32. The molecule has 1 unspecified atom stereocenters. The van der Waals surface area contributed by atoms with Crippen LogP contribution in [-0.4, -0.2) is 43.1 Å². The van der Waals surface area contributed by atoms with Gasteiger partial charge in [-0.15, -0.1) is 12.4 Å². The van der Waals surface area contributed by atoms with E-state index in [1.807, 2.05) is 49.4 Å². The van der Waals surface area contributed by atoms with E-state index in [0.29, 0.717) is 11.3 Å². The number of fused-ring (bicyclic) bond motifs is 4. The van der Waals surface area contributed by atoms with Crippen molar-refractivity contribution < 1.29 is 18.7 Å². The normalized spacial score (nSPS) is 12.4. The van der Waals surface area contributed by atoms with Gasteiger partial charge < -0.3 is 19.8 Å². The fourth-order valence-electron chi connectivity index (χ4n) is 3.93. The number of anilines is 1. The lowest BCUT2D eigenvalue weighted by Gasteiger charge is -2.13. The maximum absolute atomic E-state index is 12.2. The van der Waals surface area contributed by atoms with Crippen molar-refractivity contribution in [3.63, 3.8) is 0 Å². The van der Waals surface area contributed by atoms with Crippen LogP contribution in [0.4, 0.5) is 5.69 Å². The average Bonchev–Trinajstić information content (AvgIpc) is 2.83. The number of aryl methyl sites for hydroxylation is 1. The Balaban J connectivity index is 0.00000342. The van der Waals surface area contributed by atoms with Gasteiger partial charge in [-0.05, 0) is 32.4 Å². The minimum Gasteiger partial charge on any atom is -0.467 e. The predicted octanol–water partition coefficient (Wildman–Crippen LogP) is 4.22. The van der Waals surface area contributed by atoms with Crippen molar-refractivity contribution in [1.29, 1.82) is 0 Å². The molecule has 2 aliphatic rings. The third kappa shape index (κ3) is 5.54. The first-order valence-corrected chi connectivity index (χ1v) is 11.3. The van der Waals surface area contributed by atoms with Crippen molar-refractivity contribution in [3.05, 3.63) is 53.4 Å². The summed E-state index contributed by atoms with van der Waals surface area (Å²) in [4.78, 5) is 33.3. The molecule has 2 aromatic carbocycles. The van der Waals surface area contributed by atoms with E-state index in [2.05, 4.69) is 27.3 Å². The van der Waals surface area contributed by atoms with E-state index in [0.717, 1.165) is 45.1 Å². The van der Waals surface area contributed by atoms with E-state index in [9.17, 15) is 9.59 Å². The number of methoxy groups -OCH3 is 1. The smallest absolute Gasteiger partial charge is 0.328 e. The molecule has 1 aliphatic carbocycles. The van der Waals surface area contributed by atoms with Crippen molar-refractivity contribution >= 4 is 51.8 Å². The number of carbonyl (C=O) groups excluding carboxylic acids is 2. The average molecular weight is 497 g/mol. The molecule has 4 rings (SSSR count). The van der Waals surface area contributed by atoms with Gasteiger partial charge in [0.25, 0.3) is 0 Å². The van der Waals surface area contributed by atoms with Gasteiger partial charge in [0.05, 0.1) is 12.5 Å². The van der Waals surface area contributed by atoms with Gasteiger partial charge in [0.15, 0.2) is 11.3 Å². The van der Waals surface area contributed by atoms with Gasteiger partial charge in [-0.25, -0.2) is 9.78 Å². The summed E-state index contributed by atoms with van der Waals surface area (Å²) in [7, 11) is 1.29. The number of ether oxygens (including phenoxy) is 1. The summed E-state index contributed by atoms with van der Waals surface area (Å²) in [6, 6.07) is 13.0. The Bertz CT molecular complexity index is 1420. The number of benzene rings is 3. The van der Waals surface area contributed by atoms with E-state index in [1.54, 1.807) is 6.92 Å². The molecule has 8 nitrogen and oxygen atoms in total. The first-order chi connectivity index (χ1) is 16.4. The maximum Gasteiger partial charge on any atom is 0.328 e. The molecule has 0 bridgehead atoms. The Morgan fingerprint density at radius 1 is 1.17 bits per heavy atom. The van der Waals surface area contributed by atoms with E-state index < -0.39 is 12.0 Å². The number of carbonyl (C=O) groups is 2. The van der Waals surface area contributed by atoms with Gasteiger partial charge in [0.1, 0.15) is 17.3 Å². The van der Waals surface area contributed by atoms with Gasteiger partial charge in [0, 0.05) is 48.1 Å². The molecule has 0 aromatic heterocycles. The summed E-state index contributed by atoms with van der Waals surface area (Å²) in [5, 5.41) is 8.55. The highest BCUT2D eigenvalue weighted by Gasteiger charge is 2.17. The van der Waals surface area contributed by atoms with Crippen LogP contribution in [0.15, 0.2) is 51.9 Å². The topological polar surface area (TPSA) is 106 Å². The molecule has 0 spiro atoms. The van der Waals surface area contributed by atoms with Gasteiger partial charge in [0.2, 0.25) is 5.91 Å². The van der Waals surface area contributed by atoms with Crippen LogP contribution in [0.5, 0.6) is 0 Å². The number of halogens is 1. The third-order valence-electron chi connectivity index (χ3n) is 5.64. The van der Waals surface area contributed by atoms with E-state index in [4.69, 9.17) is 9.40 Å². The monoisotopic (exact) mass is 496 g/mol. The summed E-state index contributed by atoms with van der Waals surface area (Å²) in [5.41, 5.74) is 4.36. The molecule has 9 heteroatoms. The second-order valence-electron chi connectivity index (χ2n) is 8.11. The molecule has 1 heterocycles. The number of hydrogen-bond acceptors (Lipinski definition) is 7. The summed E-state index contributed by atoms with van der Waals surface area (Å²) >= 11 is 0. The van der Waals surface area contributed by atoms with Crippen LogP contribution in [0, 0.1) is 6.92 Å². The number of aromatic nitrogens is 1. The largest absolute Gasteiger partial charge is 0.467 e. The number of hydrogen-bond donors (Lipinski definition) is 2. The number of nitrogens with one attached hydrogen (secondary N) is 2. The summed E-state index contributed by atoms with van der Waals surface area (Å²) in [5.74, 6) is -0.130. The van der Waals surface area contributed by atoms with Crippen molar-refractivity contribution in [2.24, 2.45) is 4.99 Å². The molecule has 1 aliphatic heterocycles. The lowest BCUT2D eigenvalue weighted by molar-refractivity contribution is -0.144. The van der Waals surface area contributed by atoms with Gasteiger partial charge in [-0.1, -0.05) is 24.3 Å². The molecule has 0 radical (unpaired) electrons. The number of esters is 1. The predicted molar refractivity (Wildman–Crippen MR) is 139 cm³/mol. The minimum absolute atomic E-state index is 0. The molecular weight excluding hydrogens is 468 g/mol. The van der Waals surface area contributed by atoms with Crippen LogP contribution < -0.4 is 16.0 Å². The number of rotatable bonds is 7.